The van der Waals surface area contributed by atoms with Gasteiger partial charge in [0.1, 0.15) is 12.3 Å². The van der Waals surface area contributed by atoms with E-state index in [0.29, 0.717) is 12.3 Å². The Bertz CT molecular complexity index is 1130. The van der Waals surface area contributed by atoms with Crippen LogP contribution in [0.2, 0.25) is 0 Å². The monoisotopic (exact) mass is 445 g/mol. The molecule has 2 heterocycles. The van der Waals surface area contributed by atoms with Crippen molar-refractivity contribution in [3.05, 3.63) is 70.7 Å². The molecule has 6 nitrogen and oxygen atoms in total. The highest BCUT2D eigenvalue weighted by Gasteiger charge is 2.28. The second kappa shape index (κ2) is 9.43. The predicted molar refractivity (Wildman–Crippen MR) is 125 cm³/mol. The molecule has 162 valence electrons. The topological polar surface area (TPSA) is 63.7 Å². The molecule has 1 aromatic heterocycles. The predicted octanol–water partition coefficient (Wildman–Crippen LogP) is 3.87. The molecule has 1 aliphatic carbocycles. The summed E-state index contributed by atoms with van der Waals surface area (Å²) in [7, 11) is 0. The lowest BCUT2D eigenvalue weighted by atomic mass is 9.98. The van der Waals surface area contributed by atoms with Gasteiger partial charge in [0.15, 0.2) is 5.13 Å². The van der Waals surface area contributed by atoms with Crippen LogP contribution in [0.3, 0.4) is 0 Å². The van der Waals surface area contributed by atoms with E-state index in [-0.39, 0.29) is 12.5 Å². The van der Waals surface area contributed by atoms with Gasteiger partial charge in [-0.05, 0) is 28.2 Å². The lowest BCUT2D eigenvalue weighted by molar-refractivity contribution is 0.122. The average molecular weight is 446 g/mol. The maximum Gasteiger partial charge on any atom is 0.407 e. The van der Waals surface area contributed by atoms with Gasteiger partial charge >= 0.3 is 6.09 Å². The average Bonchev–Trinajstić information content (AvgIpc) is 3.44. The van der Waals surface area contributed by atoms with Gasteiger partial charge in [0.2, 0.25) is 0 Å². The van der Waals surface area contributed by atoms with Crippen LogP contribution in [0, 0.1) is 11.8 Å². The highest BCUT2D eigenvalue weighted by molar-refractivity contribution is 7.13. The number of rotatable bonds is 4. The van der Waals surface area contributed by atoms with Crippen LogP contribution in [0.5, 0.6) is 0 Å². The summed E-state index contributed by atoms with van der Waals surface area (Å²) in [6, 6.07) is 16.6. The second-order valence-electron chi connectivity index (χ2n) is 7.60. The maximum absolute atomic E-state index is 12.2. The van der Waals surface area contributed by atoms with Crippen LogP contribution in [0.25, 0.3) is 11.1 Å². The summed E-state index contributed by atoms with van der Waals surface area (Å²) in [4.78, 5) is 19.0. The van der Waals surface area contributed by atoms with Crippen molar-refractivity contribution in [3.8, 4) is 23.0 Å². The lowest BCUT2D eigenvalue weighted by Crippen LogP contribution is -2.36. The maximum atomic E-state index is 12.2. The van der Waals surface area contributed by atoms with Gasteiger partial charge in [-0.1, -0.05) is 54.5 Å². The number of aromatic nitrogens is 1. The van der Waals surface area contributed by atoms with E-state index in [1.807, 2.05) is 29.6 Å². The molecule has 1 fully saturated rings. The molecule has 2 aliphatic rings. The minimum absolute atomic E-state index is 0.0489. The fourth-order valence-electron chi connectivity index (χ4n) is 4.12. The van der Waals surface area contributed by atoms with E-state index in [1.165, 1.54) is 22.3 Å². The van der Waals surface area contributed by atoms with Crippen molar-refractivity contribution in [3.63, 3.8) is 0 Å². The molecule has 0 unspecified atom stereocenters. The van der Waals surface area contributed by atoms with Crippen molar-refractivity contribution in [1.29, 1.82) is 0 Å². The third-order valence-corrected chi connectivity index (χ3v) is 6.56. The highest BCUT2D eigenvalue weighted by atomic mass is 32.1. The van der Waals surface area contributed by atoms with Crippen LogP contribution in [-0.4, -0.2) is 50.5 Å². The number of alkyl carbamates (subject to hydrolysis) is 1. The van der Waals surface area contributed by atoms with Gasteiger partial charge < -0.3 is 19.7 Å². The summed E-state index contributed by atoms with van der Waals surface area (Å²) >= 11 is 1.58. The van der Waals surface area contributed by atoms with E-state index in [1.54, 1.807) is 11.3 Å². The smallest absolute Gasteiger partial charge is 0.407 e. The number of amides is 1. The van der Waals surface area contributed by atoms with Crippen molar-refractivity contribution in [2.45, 2.75) is 5.92 Å². The number of ether oxygens (including phenoxy) is 2. The Balaban J connectivity index is 1.13. The fourth-order valence-corrected chi connectivity index (χ4v) is 4.93. The first kappa shape index (κ1) is 20.6. The van der Waals surface area contributed by atoms with Crippen molar-refractivity contribution in [2.24, 2.45) is 0 Å². The van der Waals surface area contributed by atoms with E-state index in [9.17, 15) is 4.79 Å². The number of nitrogens with zero attached hydrogens (tertiary/aromatic N) is 2. The van der Waals surface area contributed by atoms with E-state index in [2.05, 4.69) is 51.3 Å². The molecule has 0 atom stereocenters. The Morgan fingerprint density at radius 2 is 1.81 bits per heavy atom. The molecule has 0 spiro atoms. The van der Waals surface area contributed by atoms with Crippen molar-refractivity contribution >= 4 is 22.6 Å². The van der Waals surface area contributed by atoms with Gasteiger partial charge in [-0.25, -0.2) is 9.78 Å². The third-order valence-electron chi connectivity index (χ3n) is 5.65. The molecule has 1 aliphatic heterocycles. The summed E-state index contributed by atoms with van der Waals surface area (Å²) in [6.45, 7) is 3.66. The molecule has 1 N–H and O–H groups in total. The molecule has 2 aromatic carbocycles. The molecule has 3 aromatic rings. The SMILES string of the molecule is O=C(NCC#Cc1csc(N2CCOCC2)n1)OCC1c2ccccc2-c2ccccc21. The van der Waals surface area contributed by atoms with Gasteiger partial charge in [0.05, 0.1) is 19.8 Å². The molecule has 5 rings (SSSR count). The molecule has 0 bridgehead atoms. The first-order valence-corrected chi connectivity index (χ1v) is 11.5. The summed E-state index contributed by atoms with van der Waals surface area (Å²) in [5, 5.41) is 5.60. The van der Waals surface area contributed by atoms with Gasteiger partial charge in [-0.2, -0.15) is 0 Å². The second-order valence-corrected chi connectivity index (χ2v) is 8.43. The van der Waals surface area contributed by atoms with Crippen molar-refractivity contribution < 1.29 is 14.3 Å². The number of thiazole rings is 1. The summed E-state index contributed by atoms with van der Waals surface area (Å²) in [5.74, 6) is 6.00. The first-order chi connectivity index (χ1) is 15.8. The number of carbonyl (C=O) groups excluding carboxylic acids is 1. The van der Waals surface area contributed by atoms with E-state index >= 15 is 0 Å². The molecule has 0 saturated carbocycles. The molecule has 7 heteroatoms. The third kappa shape index (κ3) is 4.33. The molecular weight excluding hydrogens is 422 g/mol. The Hall–Kier alpha value is -3.34. The standard InChI is InChI=1S/C25H23N3O3S/c29-25(26-11-5-6-18-17-32-24(27-18)28-12-14-30-15-13-28)31-16-23-21-9-3-1-7-19(21)20-8-2-4-10-22(20)23/h1-4,7-10,17,23H,11-16H2,(H,26,29). The first-order valence-electron chi connectivity index (χ1n) is 10.7. The molecule has 1 saturated heterocycles. The minimum atomic E-state index is -0.464. The van der Waals surface area contributed by atoms with E-state index in [4.69, 9.17) is 9.47 Å². The Morgan fingerprint density at radius 1 is 1.12 bits per heavy atom. The summed E-state index contributed by atoms with van der Waals surface area (Å²) in [5.41, 5.74) is 5.53. The number of morpholine rings is 1. The highest BCUT2D eigenvalue weighted by Crippen LogP contribution is 2.44. The van der Waals surface area contributed by atoms with Crippen molar-refractivity contribution in [2.75, 3.05) is 44.4 Å². The summed E-state index contributed by atoms with van der Waals surface area (Å²) < 4.78 is 10.9. The zero-order valence-corrected chi connectivity index (χ0v) is 18.4. The fraction of sp³-hybridized carbons (Fsp3) is 0.280. The largest absolute Gasteiger partial charge is 0.449 e. The number of hydrogen-bond donors (Lipinski definition) is 1. The molecular formula is C25H23N3O3S. The zero-order chi connectivity index (χ0) is 21.8. The van der Waals surface area contributed by atoms with Crippen LogP contribution in [-0.2, 0) is 9.47 Å². The Labute approximate surface area is 191 Å². The number of carbonyl (C=O) groups is 1. The van der Waals surface area contributed by atoms with Gasteiger partial charge in [-0.15, -0.1) is 11.3 Å². The van der Waals surface area contributed by atoms with Crippen LogP contribution in [0.15, 0.2) is 53.9 Å². The summed E-state index contributed by atoms with van der Waals surface area (Å²) in [6.07, 6.45) is -0.464. The van der Waals surface area contributed by atoms with Crippen molar-refractivity contribution in [1.82, 2.24) is 10.3 Å². The Morgan fingerprint density at radius 3 is 2.53 bits per heavy atom. The van der Waals surface area contributed by atoms with Gasteiger partial charge in [0, 0.05) is 24.4 Å². The molecule has 0 radical (unpaired) electrons. The number of benzene rings is 2. The van der Waals surface area contributed by atoms with Crippen LogP contribution >= 0.6 is 11.3 Å². The minimum Gasteiger partial charge on any atom is -0.449 e. The number of fused-ring (bicyclic) bond motifs is 3. The zero-order valence-electron chi connectivity index (χ0n) is 17.5. The van der Waals surface area contributed by atoms with Gasteiger partial charge in [0.25, 0.3) is 0 Å². The lowest BCUT2D eigenvalue weighted by Gasteiger charge is -2.25. The van der Waals surface area contributed by atoms with Gasteiger partial charge in [-0.3, -0.25) is 0 Å². The Kier molecular flexibility index (Phi) is 6.06. The number of anilines is 1. The quantitative estimate of drug-likeness (QED) is 0.618. The van der Waals surface area contributed by atoms with Crippen LogP contribution < -0.4 is 10.2 Å². The molecule has 1 amide bonds. The number of hydrogen-bond acceptors (Lipinski definition) is 6. The van der Waals surface area contributed by atoms with E-state index < -0.39 is 6.09 Å². The normalized spacial score (nSPS) is 14.8. The van der Waals surface area contributed by atoms with Crippen LogP contribution in [0.1, 0.15) is 22.7 Å². The number of nitrogens with one attached hydrogen (secondary N) is 1. The molecule has 32 heavy (non-hydrogen) atoms. The van der Waals surface area contributed by atoms with Crippen LogP contribution in [0.4, 0.5) is 9.93 Å². The van der Waals surface area contributed by atoms with E-state index in [0.717, 1.165) is 31.4 Å².